The summed E-state index contributed by atoms with van der Waals surface area (Å²) in [5, 5.41) is 9.05. The van der Waals surface area contributed by atoms with Gasteiger partial charge < -0.3 is 10.1 Å². The smallest absolute Gasteiger partial charge is 0.352 e. The molecule has 7 heteroatoms. The van der Waals surface area contributed by atoms with Crippen LogP contribution in [-0.2, 0) is 10.0 Å². The van der Waals surface area contributed by atoms with E-state index in [1.807, 2.05) is 6.92 Å². The number of carboxylic acids is 1. The maximum atomic E-state index is 12.4. The van der Waals surface area contributed by atoms with Gasteiger partial charge in [0.25, 0.3) is 0 Å². The SMILES string of the molecule is CCCCCC(C)NS(=O)(=O)c1c(C)[nH]c(C(=O)O)c1C. The van der Waals surface area contributed by atoms with Gasteiger partial charge in [-0.1, -0.05) is 26.2 Å². The van der Waals surface area contributed by atoms with Gasteiger partial charge in [0.2, 0.25) is 10.0 Å². The van der Waals surface area contributed by atoms with Gasteiger partial charge in [-0.25, -0.2) is 17.9 Å². The van der Waals surface area contributed by atoms with Crippen molar-refractivity contribution in [3.05, 3.63) is 17.0 Å². The van der Waals surface area contributed by atoms with E-state index in [9.17, 15) is 13.2 Å². The molecule has 0 aliphatic carbocycles. The quantitative estimate of drug-likeness (QED) is 0.642. The summed E-state index contributed by atoms with van der Waals surface area (Å²) in [6.07, 6.45) is 3.88. The number of hydrogen-bond donors (Lipinski definition) is 3. The highest BCUT2D eigenvalue weighted by Crippen LogP contribution is 2.23. The van der Waals surface area contributed by atoms with Crippen LogP contribution in [0.2, 0.25) is 0 Å². The molecule has 0 saturated carbocycles. The molecule has 1 atom stereocenters. The van der Waals surface area contributed by atoms with E-state index in [2.05, 4.69) is 16.6 Å². The summed E-state index contributed by atoms with van der Waals surface area (Å²) in [5.74, 6) is -1.16. The lowest BCUT2D eigenvalue weighted by atomic mass is 10.1. The summed E-state index contributed by atoms with van der Waals surface area (Å²) in [6.45, 7) is 6.98. The van der Waals surface area contributed by atoms with Crippen LogP contribution in [0.15, 0.2) is 4.90 Å². The van der Waals surface area contributed by atoms with E-state index in [0.29, 0.717) is 5.69 Å². The highest BCUT2D eigenvalue weighted by Gasteiger charge is 2.27. The van der Waals surface area contributed by atoms with Crippen LogP contribution in [0.4, 0.5) is 0 Å². The van der Waals surface area contributed by atoms with Crippen molar-refractivity contribution in [2.24, 2.45) is 0 Å². The summed E-state index contributed by atoms with van der Waals surface area (Å²) >= 11 is 0. The van der Waals surface area contributed by atoms with Gasteiger partial charge in [0.15, 0.2) is 0 Å². The normalized spacial score (nSPS) is 13.3. The molecule has 0 aliphatic rings. The lowest BCUT2D eigenvalue weighted by molar-refractivity contribution is 0.0690. The molecule has 1 unspecified atom stereocenters. The van der Waals surface area contributed by atoms with Crippen LogP contribution >= 0.6 is 0 Å². The van der Waals surface area contributed by atoms with Gasteiger partial charge in [0, 0.05) is 17.3 Å². The van der Waals surface area contributed by atoms with Gasteiger partial charge in [0.1, 0.15) is 10.6 Å². The number of aromatic amines is 1. The van der Waals surface area contributed by atoms with Crippen molar-refractivity contribution in [3.63, 3.8) is 0 Å². The molecule has 1 aromatic rings. The van der Waals surface area contributed by atoms with Crippen molar-refractivity contribution in [1.82, 2.24) is 9.71 Å². The van der Waals surface area contributed by atoms with Crippen molar-refractivity contribution in [3.8, 4) is 0 Å². The molecule has 120 valence electrons. The third kappa shape index (κ3) is 4.31. The molecule has 0 aromatic carbocycles. The molecule has 6 nitrogen and oxygen atoms in total. The van der Waals surface area contributed by atoms with Crippen LogP contribution in [0.25, 0.3) is 0 Å². The Bertz CT molecular complexity index is 605. The van der Waals surface area contributed by atoms with E-state index in [1.165, 1.54) is 6.92 Å². The second-order valence-corrected chi connectivity index (χ2v) is 7.05. The lowest BCUT2D eigenvalue weighted by Gasteiger charge is -2.14. The molecule has 1 rings (SSSR count). The first kappa shape index (κ1) is 17.7. The number of hydrogen-bond acceptors (Lipinski definition) is 3. The minimum Gasteiger partial charge on any atom is -0.477 e. The Labute approximate surface area is 126 Å². The van der Waals surface area contributed by atoms with Gasteiger partial charge in [-0.2, -0.15) is 0 Å². The number of rotatable bonds is 8. The fourth-order valence-corrected chi connectivity index (χ4v) is 4.16. The third-order valence-electron chi connectivity index (χ3n) is 3.45. The zero-order valence-electron chi connectivity index (χ0n) is 13.0. The highest BCUT2D eigenvalue weighted by molar-refractivity contribution is 7.89. The Morgan fingerprint density at radius 2 is 1.95 bits per heavy atom. The molecule has 0 radical (unpaired) electrons. The summed E-state index contributed by atoms with van der Waals surface area (Å²) in [7, 11) is -3.72. The van der Waals surface area contributed by atoms with Gasteiger partial charge in [-0.05, 0) is 27.2 Å². The van der Waals surface area contributed by atoms with E-state index in [4.69, 9.17) is 5.11 Å². The number of aromatic carboxylic acids is 1. The molecular weight excluding hydrogens is 292 g/mol. The maximum Gasteiger partial charge on any atom is 0.352 e. The van der Waals surface area contributed by atoms with E-state index >= 15 is 0 Å². The molecule has 1 aromatic heterocycles. The number of nitrogens with one attached hydrogen (secondary N) is 2. The van der Waals surface area contributed by atoms with Crippen molar-refractivity contribution < 1.29 is 18.3 Å². The predicted octanol–water partition coefficient (Wildman–Crippen LogP) is 2.58. The number of sulfonamides is 1. The number of H-pyrrole nitrogens is 1. The minimum atomic E-state index is -3.72. The summed E-state index contributed by atoms with van der Waals surface area (Å²) in [6, 6.07) is -0.177. The summed E-state index contributed by atoms with van der Waals surface area (Å²) in [5.41, 5.74) is 0.512. The standard InChI is InChI=1S/C14H24N2O4S/c1-5-6-7-8-9(2)16-21(19,20)13-10(3)12(14(17)18)15-11(13)4/h9,15-16H,5-8H2,1-4H3,(H,17,18). The molecule has 0 amide bonds. The van der Waals surface area contributed by atoms with Crippen LogP contribution in [0.5, 0.6) is 0 Å². The van der Waals surface area contributed by atoms with E-state index < -0.39 is 16.0 Å². The third-order valence-corrected chi connectivity index (χ3v) is 5.31. The Morgan fingerprint density at radius 3 is 2.43 bits per heavy atom. The topological polar surface area (TPSA) is 99.3 Å². The minimum absolute atomic E-state index is 0.0437. The van der Waals surface area contributed by atoms with Crippen LogP contribution in [-0.4, -0.2) is 30.5 Å². The molecule has 21 heavy (non-hydrogen) atoms. The molecule has 0 aliphatic heterocycles. The van der Waals surface area contributed by atoms with Gasteiger partial charge in [-0.15, -0.1) is 0 Å². The van der Waals surface area contributed by atoms with Crippen molar-refractivity contribution in [1.29, 1.82) is 0 Å². The second kappa shape index (κ2) is 7.09. The molecule has 1 heterocycles. The number of carbonyl (C=O) groups is 1. The molecule has 0 bridgehead atoms. The molecular formula is C14H24N2O4S. The fraction of sp³-hybridized carbons (Fsp3) is 0.643. The molecule has 3 N–H and O–H groups in total. The number of unbranched alkanes of at least 4 members (excludes halogenated alkanes) is 2. The second-order valence-electron chi connectivity index (χ2n) is 5.40. The van der Waals surface area contributed by atoms with Gasteiger partial charge in [-0.3, -0.25) is 0 Å². The number of aromatic nitrogens is 1. The lowest BCUT2D eigenvalue weighted by Crippen LogP contribution is -2.33. The van der Waals surface area contributed by atoms with E-state index in [0.717, 1.165) is 25.7 Å². The Hall–Kier alpha value is -1.34. The number of carboxylic acid groups (broad SMARTS) is 1. The maximum absolute atomic E-state index is 12.4. The van der Waals surface area contributed by atoms with Crippen molar-refractivity contribution in [2.75, 3.05) is 0 Å². The van der Waals surface area contributed by atoms with Crippen molar-refractivity contribution >= 4 is 16.0 Å². The van der Waals surface area contributed by atoms with E-state index in [1.54, 1.807) is 6.92 Å². The predicted molar refractivity (Wildman–Crippen MR) is 81.2 cm³/mol. The largest absolute Gasteiger partial charge is 0.477 e. The van der Waals surface area contributed by atoms with E-state index in [-0.39, 0.29) is 22.2 Å². The highest BCUT2D eigenvalue weighted by atomic mass is 32.2. The zero-order chi connectivity index (χ0) is 16.2. The average molecular weight is 316 g/mol. The van der Waals surface area contributed by atoms with Crippen LogP contribution < -0.4 is 4.72 Å². The first-order valence-corrected chi connectivity index (χ1v) is 8.63. The first-order valence-electron chi connectivity index (χ1n) is 7.15. The Balaban J connectivity index is 2.96. The van der Waals surface area contributed by atoms with Gasteiger partial charge in [0.05, 0.1) is 0 Å². The number of aryl methyl sites for hydroxylation is 1. The fourth-order valence-electron chi connectivity index (χ4n) is 2.43. The monoisotopic (exact) mass is 316 g/mol. The molecule has 0 fully saturated rings. The zero-order valence-corrected chi connectivity index (χ0v) is 13.8. The Kier molecular flexibility index (Phi) is 5.98. The summed E-state index contributed by atoms with van der Waals surface area (Å²) < 4.78 is 27.5. The van der Waals surface area contributed by atoms with Gasteiger partial charge >= 0.3 is 5.97 Å². The van der Waals surface area contributed by atoms with Crippen LogP contribution in [0.1, 0.15) is 61.3 Å². The summed E-state index contributed by atoms with van der Waals surface area (Å²) in [4.78, 5) is 13.7. The average Bonchev–Trinajstić information content (AvgIpc) is 2.65. The first-order chi connectivity index (χ1) is 9.70. The van der Waals surface area contributed by atoms with Crippen LogP contribution in [0.3, 0.4) is 0 Å². The Morgan fingerprint density at radius 1 is 1.33 bits per heavy atom. The van der Waals surface area contributed by atoms with Crippen LogP contribution in [0, 0.1) is 13.8 Å². The molecule has 0 saturated heterocycles. The molecule has 0 spiro atoms. The van der Waals surface area contributed by atoms with Crippen molar-refractivity contribution in [2.45, 2.75) is 64.3 Å².